The molecule has 1 aromatic carbocycles. The van der Waals surface area contributed by atoms with Crippen molar-refractivity contribution in [1.82, 2.24) is 10.2 Å². The quantitative estimate of drug-likeness (QED) is 0.827. The summed E-state index contributed by atoms with van der Waals surface area (Å²) in [7, 11) is 2.21. The molecule has 2 rings (SSSR count). The highest BCUT2D eigenvalue weighted by molar-refractivity contribution is 7.98. The first-order chi connectivity index (χ1) is 8.28. The van der Waals surface area contributed by atoms with E-state index in [0.29, 0.717) is 6.04 Å². The number of nitrogens with one attached hydrogen (secondary N) is 1. The summed E-state index contributed by atoms with van der Waals surface area (Å²) in [6.45, 7) is 3.45. The zero-order valence-electron chi connectivity index (χ0n) is 10.8. The van der Waals surface area contributed by atoms with Crippen LogP contribution in [-0.2, 0) is 6.54 Å². The first kappa shape index (κ1) is 12.9. The predicted octanol–water partition coefficient (Wildman–Crippen LogP) is 2.59. The van der Waals surface area contributed by atoms with Crippen molar-refractivity contribution in [3.05, 3.63) is 29.8 Å². The number of rotatable bonds is 4. The molecule has 0 unspecified atom stereocenters. The maximum Gasteiger partial charge on any atom is 0.0208 e. The van der Waals surface area contributed by atoms with Crippen LogP contribution in [0, 0.1) is 0 Å². The standard InChI is InChI=1S/C14H22N2S/c1-16-9-7-13(8-10-16)15-11-12-3-5-14(17-2)6-4-12/h3-6,13,15H,7-11H2,1-2H3. The van der Waals surface area contributed by atoms with Gasteiger partial charge in [-0.2, -0.15) is 0 Å². The molecule has 0 aromatic heterocycles. The van der Waals surface area contributed by atoms with Crippen molar-refractivity contribution >= 4 is 11.8 Å². The topological polar surface area (TPSA) is 15.3 Å². The summed E-state index contributed by atoms with van der Waals surface area (Å²) in [6.07, 6.45) is 4.67. The van der Waals surface area contributed by atoms with Crippen LogP contribution >= 0.6 is 11.8 Å². The Bertz CT molecular complexity index is 329. The number of thioether (sulfide) groups is 1. The maximum absolute atomic E-state index is 3.66. The van der Waals surface area contributed by atoms with Gasteiger partial charge in [-0.05, 0) is 56.9 Å². The van der Waals surface area contributed by atoms with Crippen molar-refractivity contribution in [1.29, 1.82) is 0 Å². The van der Waals surface area contributed by atoms with Crippen molar-refractivity contribution in [3.63, 3.8) is 0 Å². The lowest BCUT2D eigenvalue weighted by Crippen LogP contribution is -2.40. The third-order valence-corrected chi connectivity index (χ3v) is 4.22. The van der Waals surface area contributed by atoms with E-state index in [1.54, 1.807) is 11.8 Å². The highest BCUT2D eigenvalue weighted by Crippen LogP contribution is 2.15. The molecule has 0 amide bonds. The Hall–Kier alpha value is -0.510. The van der Waals surface area contributed by atoms with E-state index in [4.69, 9.17) is 0 Å². The van der Waals surface area contributed by atoms with Gasteiger partial charge in [-0.25, -0.2) is 0 Å². The fourth-order valence-corrected chi connectivity index (χ4v) is 2.63. The summed E-state index contributed by atoms with van der Waals surface area (Å²) in [5.41, 5.74) is 1.39. The Morgan fingerprint density at radius 2 is 1.88 bits per heavy atom. The minimum atomic E-state index is 0.700. The van der Waals surface area contributed by atoms with Gasteiger partial charge in [0, 0.05) is 17.5 Å². The maximum atomic E-state index is 3.66. The molecule has 1 aliphatic rings. The second-order valence-electron chi connectivity index (χ2n) is 4.81. The molecule has 1 aromatic rings. The van der Waals surface area contributed by atoms with Crippen molar-refractivity contribution in [2.75, 3.05) is 26.4 Å². The monoisotopic (exact) mass is 250 g/mol. The lowest BCUT2D eigenvalue weighted by atomic mass is 10.1. The average Bonchev–Trinajstić information content (AvgIpc) is 2.39. The van der Waals surface area contributed by atoms with Crippen LogP contribution in [-0.4, -0.2) is 37.3 Å². The van der Waals surface area contributed by atoms with Gasteiger partial charge in [0.15, 0.2) is 0 Å². The van der Waals surface area contributed by atoms with Crippen molar-refractivity contribution < 1.29 is 0 Å². The van der Waals surface area contributed by atoms with Crippen LogP contribution in [0.1, 0.15) is 18.4 Å². The van der Waals surface area contributed by atoms with Crippen LogP contribution < -0.4 is 5.32 Å². The van der Waals surface area contributed by atoms with E-state index in [0.717, 1.165) is 6.54 Å². The lowest BCUT2D eigenvalue weighted by molar-refractivity contribution is 0.234. The zero-order valence-corrected chi connectivity index (χ0v) is 11.6. The van der Waals surface area contributed by atoms with E-state index in [1.165, 1.54) is 36.4 Å². The van der Waals surface area contributed by atoms with Crippen molar-refractivity contribution in [2.45, 2.75) is 30.3 Å². The minimum absolute atomic E-state index is 0.700. The van der Waals surface area contributed by atoms with Crippen LogP contribution in [0.2, 0.25) is 0 Å². The molecule has 2 nitrogen and oxygen atoms in total. The summed E-state index contributed by atoms with van der Waals surface area (Å²) in [4.78, 5) is 3.75. The molecule has 3 heteroatoms. The molecule has 1 heterocycles. The Balaban J connectivity index is 1.77. The van der Waals surface area contributed by atoms with Gasteiger partial charge < -0.3 is 10.2 Å². The first-order valence-corrected chi connectivity index (χ1v) is 7.55. The summed E-state index contributed by atoms with van der Waals surface area (Å²) in [5.74, 6) is 0. The smallest absolute Gasteiger partial charge is 0.0208 e. The molecule has 0 spiro atoms. The number of nitrogens with zero attached hydrogens (tertiary/aromatic N) is 1. The fraction of sp³-hybridized carbons (Fsp3) is 0.571. The number of hydrogen-bond acceptors (Lipinski definition) is 3. The van der Waals surface area contributed by atoms with Crippen LogP contribution in [0.3, 0.4) is 0 Å². The first-order valence-electron chi connectivity index (χ1n) is 6.33. The number of likely N-dealkylation sites (tertiary alicyclic amines) is 1. The normalized spacial score (nSPS) is 18.5. The van der Waals surface area contributed by atoms with E-state index in [2.05, 4.69) is 47.8 Å². The third-order valence-electron chi connectivity index (χ3n) is 3.47. The molecule has 1 N–H and O–H groups in total. The van der Waals surface area contributed by atoms with Crippen LogP contribution in [0.5, 0.6) is 0 Å². The fourth-order valence-electron chi connectivity index (χ4n) is 2.22. The van der Waals surface area contributed by atoms with Crippen LogP contribution in [0.25, 0.3) is 0 Å². The van der Waals surface area contributed by atoms with E-state index in [9.17, 15) is 0 Å². The second-order valence-corrected chi connectivity index (χ2v) is 5.69. The molecule has 0 aliphatic carbocycles. The lowest BCUT2D eigenvalue weighted by Gasteiger charge is -2.29. The van der Waals surface area contributed by atoms with Crippen LogP contribution in [0.4, 0.5) is 0 Å². The van der Waals surface area contributed by atoms with E-state index >= 15 is 0 Å². The number of piperidine rings is 1. The predicted molar refractivity (Wildman–Crippen MR) is 75.6 cm³/mol. The van der Waals surface area contributed by atoms with Gasteiger partial charge in [-0.3, -0.25) is 0 Å². The minimum Gasteiger partial charge on any atom is -0.310 e. The molecule has 0 atom stereocenters. The summed E-state index contributed by atoms with van der Waals surface area (Å²) in [6, 6.07) is 9.57. The molecule has 1 fully saturated rings. The Labute approximate surface area is 109 Å². The average molecular weight is 250 g/mol. The van der Waals surface area contributed by atoms with Gasteiger partial charge in [0.25, 0.3) is 0 Å². The van der Waals surface area contributed by atoms with Gasteiger partial charge in [0.2, 0.25) is 0 Å². The molecule has 0 radical (unpaired) electrons. The van der Waals surface area contributed by atoms with E-state index in [-0.39, 0.29) is 0 Å². The largest absolute Gasteiger partial charge is 0.310 e. The SMILES string of the molecule is CSc1ccc(CNC2CCN(C)CC2)cc1. The molecule has 0 saturated carbocycles. The Morgan fingerprint density at radius 1 is 1.24 bits per heavy atom. The molecular formula is C14H22N2S. The van der Waals surface area contributed by atoms with Crippen LogP contribution in [0.15, 0.2) is 29.2 Å². The zero-order chi connectivity index (χ0) is 12.1. The van der Waals surface area contributed by atoms with Gasteiger partial charge in [-0.1, -0.05) is 12.1 Å². The highest BCUT2D eigenvalue weighted by atomic mass is 32.2. The summed E-state index contributed by atoms with van der Waals surface area (Å²) < 4.78 is 0. The number of hydrogen-bond donors (Lipinski definition) is 1. The van der Waals surface area contributed by atoms with E-state index < -0.39 is 0 Å². The van der Waals surface area contributed by atoms with Gasteiger partial charge in [0.05, 0.1) is 0 Å². The van der Waals surface area contributed by atoms with Gasteiger partial charge in [-0.15, -0.1) is 11.8 Å². The highest BCUT2D eigenvalue weighted by Gasteiger charge is 2.15. The van der Waals surface area contributed by atoms with Gasteiger partial charge >= 0.3 is 0 Å². The molecule has 1 saturated heterocycles. The Kier molecular flexibility index (Phi) is 4.89. The van der Waals surface area contributed by atoms with Crippen molar-refractivity contribution in [2.24, 2.45) is 0 Å². The molecule has 1 aliphatic heterocycles. The van der Waals surface area contributed by atoms with Crippen molar-refractivity contribution in [3.8, 4) is 0 Å². The van der Waals surface area contributed by atoms with E-state index in [1.807, 2.05) is 0 Å². The molecule has 94 valence electrons. The molecular weight excluding hydrogens is 228 g/mol. The Morgan fingerprint density at radius 3 is 2.47 bits per heavy atom. The summed E-state index contributed by atoms with van der Waals surface area (Å²) in [5, 5.41) is 3.66. The third kappa shape index (κ3) is 4.02. The molecule has 0 bridgehead atoms. The number of benzene rings is 1. The second kappa shape index (κ2) is 6.43. The summed E-state index contributed by atoms with van der Waals surface area (Å²) >= 11 is 1.80. The molecule has 17 heavy (non-hydrogen) atoms. The van der Waals surface area contributed by atoms with Gasteiger partial charge in [0.1, 0.15) is 0 Å².